The van der Waals surface area contributed by atoms with E-state index in [0.29, 0.717) is 6.54 Å². The fourth-order valence-corrected chi connectivity index (χ4v) is 2.40. The van der Waals surface area contributed by atoms with Crippen molar-refractivity contribution in [1.82, 2.24) is 20.6 Å². The topological polar surface area (TPSA) is 89.8 Å². The third-order valence-corrected chi connectivity index (χ3v) is 3.86. The Labute approximate surface area is 122 Å². The highest BCUT2D eigenvalue weighted by molar-refractivity contribution is 5.80. The third-order valence-electron chi connectivity index (χ3n) is 3.86. The van der Waals surface area contributed by atoms with Gasteiger partial charge in [-0.3, -0.25) is 4.79 Å². The Bertz CT molecular complexity index is 699. The molecule has 4 N–H and O–H groups in total. The summed E-state index contributed by atoms with van der Waals surface area (Å²) in [7, 11) is 0. The lowest BCUT2D eigenvalue weighted by molar-refractivity contribution is -0.122. The molecule has 0 radical (unpaired) electrons. The Balaban J connectivity index is 1.52. The standard InChI is InChI=1S/C15H20N4O2/c1-9(16-6-7-17-14(20)10-2-3-10)11-4-5-12-13(8-11)19-15(21)18-12/h4-5,8-10,16H,2-3,6-7H2,1H3,(H,17,20)(H2,18,19,21). The molecule has 1 amide bonds. The Morgan fingerprint density at radius 2 is 2.05 bits per heavy atom. The predicted molar refractivity (Wildman–Crippen MR) is 81.1 cm³/mol. The van der Waals surface area contributed by atoms with Crippen molar-refractivity contribution in [2.24, 2.45) is 5.92 Å². The van der Waals surface area contributed by atoms with Crippen LogP contribution in [0.2, 0.25) is 0 Å². The molecule has 0 saturated heterocycles. The SMILES string of the molecule is CC(NCCNC(=O)C1CC1)c1ccc2[nH]c(=O)[nH]c2c1. The first kappa shape index (κ1) is 13.9. The van der Waals surface area contributed by atoms with Crippen molar-refractivity contribution in [1.29, 1.82) is 0 Å². The van der Waals surface area contributed by atoms with Crippen LogP contribution < -0.4 is 16.3 Å². The fraction of sp³-hybridized carbons (Fsp3) is 0.467. The summed E-state index contributed by atoms with van der Waals surface area (Å²) in [4.78, 5) is 28.2. The van der Waals surface area contributed by atoms with Gasteiger partial charge in [-0.1, -0.05) is 6.07 Å². The molecule has 1 saturated carbocycles. The zero-order chi connectivity index (χ0) is 14.8. The average Bonchev–Trinajstić information content (AvgIpc) is 3.24. The maximum Gasteiger partial charge on any atom is 0.323 e. The number of rotatable bonds is 6. The van der Waals surface area contributed by atoms with Gasteiger partial charge in [0.1, 0.15) is 0 Å². The summed E-state index contributed by atoms with van der Waals surface area (Å²) in [6.45, 7) is 3.43. The van der Waals surface area contributed by atoms with Crippen LogP contribution in [0, 0.1) is 5.92 Å². The first-order valence-electron chi connectivity index (χ1n) is 7.36. The van der Waals surface area contributed by atoms with Crippen LogP contribution in [0.5, 0.6) is 0 Å². The quantitative estimate of drug-likeness (QED) is 0.599. The normalized spacial score (nSPS) is 16.0. The van der Waals surface area contributed by atoms with Crippen molar-refractivity contribution >= 4 is 16.9 Å². The van der Waals surface area contributed by atoms with Gasteiger partial charge < -0.3 is 20.6 Å². The molecule has 0 bridgehead atoms. The summed E-state index contributed by atoms with van der Waals surface area (Å²) in [6, 6.07) is 6.01. The van der Waals surface area contributed by atoms with Crippen molar-refractivity contribution in [2.45, 2.75) is 25.8 Å². The van der Waals surface area contributed by atoms with Gasteiger partial charge in [0.25, 0.3) is 0 Å². The first-order valence-corrected chi connectivity index (χ1v) is 7.36. The minimum absolute atomic E-state index is 0.158. The largest absolute Gasteiger partial charge is 0.355 e. The van der Waals surface area contributed by atoms with E-state index in [1.807, 2.05) is 18.2 Å². The number of carbonyl (C=O) groups excluding carboxylic acids is 1. The van der Waals surface area contributed by atoms with Gasteiger partial charge in [0, 0.05) is 25.0 Å². The average molecular weight is 288 g/mol. The number of hydrogen-bond donors (Lipinski definition) is 4. The summed E-state index contributed by atoms with van der Waals surface area (Å²) in [5.41, 5.74) is 2.54. The Kier molecular flexibility index (Phi) is 3.79. The van der Waals surface area contributed by atoms with Crippen molar-refractivity contribution in [3.05, 3.63) is 34.2 Å². The van der Waals surface area contributed by atoms with E-state index in [-0.39, 0.29) is 23.6 Å². The molecular weight excluding hydrogens is 268 g/mol. The number of imidazole rings is 1. The van der Waals surface area contributed by atoms with Crippen LogP contribution in [0.25, 0.3) is 11.0 Å². The van der Waals surface area contributed by atoms with Gasteiger partial charge in [0.2, 0.25) is 5.91 Å². The molecule has 1 aliphatic carbocycles. The maximum absolute atomic E-state index is 11.5. The van der Waals surface area contributed by atoms with E-state index < -0.39 is 0 Å². The highest BCUT2D eigenvalue weighted by Gasteiger charge is 2.28. The van der Waals surface area contributed by atoms with E-state index in [1.54, 1.807) is 0 Å². The van der Waals surface area contributed by atoms with Crippen LogP contribution in [0.3, 0.4) is 0 Å². The minimum Gasteiger partial charge on any atom is -0.355 e. The van der Waals surface area contributed by atoms with Crippen molar-refractivity contribution in [2.75, 3.05) is 13.1 Å². The van der Waals surface area contributed by atoms with Crippen molar-refractivity contribution in [3.8, 4) is 0 Å². The lowest BCUT2D eigenvalue weighted by Crippen LogP contribution is -2.33. The molecule has 0 aliphatic heterocycles. The van der Waals surface area contributed by atoms with Crippen molar-refractivity contribution in [3.63, 3.8) is 0 Å². The molecule has 6 heteroatoms. The molecule has 1 atom stereocenters. The molecule has 0 spiro atoms. The number of H-pyrrole nitrogens is 2. The number of amides is 1. The Hall–Kier alpha value is -2.08. The van der Waals surface area contributed by atoms with Gasteiger partial charge in [-0.25, -0.2) is 4.79 Å². The van der Waals surface area contributed by atoms with Crippen LogP contribution in [-0.2, 0) is 4.79 Å². The molecule has 6 nitrogen and oxygen atoms in total. The molecule has 2 aromatic rings. The molecule has 1 heterocycles. The zero-order valence-electron chi connectivity index (χ0n) is 12.0. The summed E-state index contributed by atoms with van der Waals surface area (Å²) in [6.07, 6.45) is 2.06. The highest BCUT2D eigenvalue weighted by atomic mass is 16.2. The molecule has 21 heavy (non-hydrogen) atoms. The van der Waals surface area contributed by atoms with Crippen LogP contribution in [0.15, 0.2) is 23.0 Å². The van der Waals surface area contributed by atoms with E-state index in [4.69, 9.17) is 0 Å². The second kappa shape index (κ2) is 5.73. The van der Waals surface area contributed by atoms with Crippen LogP contribution in [0.4, 0.5) is 0 Å². The smallest absolute Gasteiger partial charge is 0.323 e. The third kappa shape index (κ3) is 3.33. The highest BCUT2D eigenvalue weighted by Crippen LogP contribution is 2.28. The number of fused-ring (bicyclic) bond motifs is 1. The summed E-state index contributed by atoms with van der Waals surface area (Å²) in [5.74, 6) is 0.436. The van der Waals surface area contributed by atoms with E-state index in [0.717, 1.165) is 36.0 Å². The van der Waals surface area contributed by atoms with Crippen molar-refractivity contribution < 1.29 is 4.79 Å². The number of aromatic nitrogens is 2. The molecule has 1 aromatic carbocycles. The molecule has 112 valence electrons. The molecule has 1 unspecified atom stereocenters. The number of benzene rings is 1. The number of carbonyl (C=O) groups is 1. The van der Waals surface area contributed by atoms with Crippen LogP contribution >= 0.6 is 0 Å². The van der Waals surface area contributed by atoms with E-state index in [9.17, 15) is 9.59 Å². The second-order valence-electron chi connectivity index (χ2n) is 5.63. The number of aromatic amines is 2. The second-order valence-corrected chi connectivity index (χ2v) is 5.63. The summed E-state index contributed by atoms with van der Waals surface area (Å²) < 4.78 is 0. The fourth-order valence-electron chi connectivity index (χ4n) is 2.40. The van der Waals surface area contributed by atoms with Crippen LogP contribution in [0.1, 0.15) is 31.4 Å². The van der Waals surface area contributed by atoms with E-state index >= 15 is 0 Å². The lowest BCUT2D eigenvalue weighted by Gasteiger charge is -2.14. The Morgan fingerprint density at radius 3 is 2.81 bits per heavy atom. The summed E-state index contributed by atoms with van der Waals surface area (Å²) >= 11 is 0. The molecular formula is C15H20N4O2. The minimum atomic E-state index is -0.189. The monoisotopic (exact) mass is 288 g/mol. The predicted octanol–water partition coefficient (Wildman–Crippen LogP) is 1.03. The molecule has 1 aliphatic rings. The van der Waals surface area contributed by atoms with Gasteiger partial charge in [-0.15, -0.1) is 0 Å². The number of hydrogen-bond acceptors (Lipinski definition) is 3. The zero-order valence-corrected chi connectivity index (χ0v) is 12.0. The lowest BCUT2D eigenvalue weighted by atomic mass is 10.1. The van der Waals surface area contributed by atoms with Crippen LogP contribution in [-0.4, -0.2) is 29.0 Å². The Morgan fingerprint density at radius 1 is 1.29 bits per heavy atom. The molecule has 1 fully saturated rings. The number of nitrogens with one attached hydrogen (secondary N) is 4. The summed E-state index contributed by atoms with van der Waals surface area (Å²) in [5, 5.41) is 6.30. The van der Waals surface area contributed by atoms with Gasteiger partial charge in [0.15, 0.2) is 0 Å². The van der Waals surface area contributed by atoms with Gasteiger partial charge >= 0.3 is 5.69 Å². The molecule has 3 rings (SSSR count). The van der Waals surface area contributed by atoms with E-state index in [1.165, 1.54) is 0 Å². The maximum atomic E-state index is 11.5. The van der Waals surface area contributed by atoms with E-state index in [2.05, 4.69) is 27.5 Å². The van der Waals surface area contributed by atoms with Gasteiger partial charge in [-0.05, 0) is 37.5 Å². The molecule has 1 aromatic heterocycles. The van der Waals surface area contributed by atoms with Gasteiger partial charge in [0.05, 0.1) is 11.0 Å². The first-order chi connectivity index (χ1) is 10.1. The van der Waals surface area contributed by atoms with Gasteiger partial charge in [-0.2, -0.15) is 0 Å².